The highest BCUT2D eigenvalue weighted by Crippen LogP contribution is 2.36. The smallest absolute Gasteiger partial charge is 0.350 e. The summed E-state index contributed by atoms with van der Waals surface area (Å²) in [4.78, 5) is 33.3. The molecule has 4 aromatic rings. The minimum absolute atomic E-state index is 0.149. The van der Waals surface area contributed by atoms with Gasteiger partial charge in [0.05, 0.1) is 24.2 Å². The van der Waals surface area contributed by atoms with E-state index in [9.17, 15) is 9.59 Å². The maximum Gasteiger partial charge on any atom is 0.350 e. The van der Waals surface area contributed by atoms with Gasteiger partial charge in [0.2, 0.25) is 0 Å². The van der Waals surface area contributed by atoms with Gasteiger partial charge in [-0.3, -0.25) is 14.4 Å². The van der Waals surface area contributed by atoms with E-state index < -0.39 is 5.97 Å². The number of rotatable bonds is 7. The molecule has 4 rings (SSSR count). The molecule has 1 aromatic carbocycles. The van der Waals surface area contributed by atoms with Crippen LogP contribution < -0.4 is 5.32 Å². The largest absolute Gasteiger partial charge is 0.465 e. The van der Waals surface area contributed by atoms with Crippen molar-refractivity contribution in [2.45, 2.75) is 33.4 Å². The second kappa shape index (κ2) is 9.97. The first-order valence-electron chi connectivity index (χ1n) is 11.3. The molecule has 182 valence electrons. The van der Waals surface area contributed by atoms with Crippen molar-refractivity contribution in [2.75, 3.05) is 19.5 Å². The third-order valence-corrected chi connectivity index (χ3v) is 7.39. The van der Waals surface area contributed by atoms with Gasteiger partial charge >= 0.3 is 5.97 Å². The van der Waals surface area contributed by atoms with Gasteiger partial charge in [-0.05, 0) is 52.1 Å². The topological polar surface area (TPSA) is 89.3 Å². The van der Waals surface area contributed by atoms with E-state index in [2.05, 4.69) is 36.2 Å². The van der Waals surface area contributed by atoms with Crippen LogP contribution in [0.15, 0.2) is 42.5 Å². The Labute approximate surface area is 208 Å². The lowest BCUT2D eigenvalue weighted by molar-refractivity contribution is 0.0607. The molecule has 35 heavy (non-hydrogen) atoms. The number of nitrogens with one attached hydrogen (secondary N) is 1. The highest BCUT2D eigenvalue weighted by molar-refractivity contribution is 7.21. The molecule has 0 fully saturated rings. The molecule has 1 amide bonds. The molecule has 0 bridgehead atoms. The predicted octanol–water partition coefficient (Wildman–Crippen LogP) is 4.88. The Morgan fingerprint density at radius 2 is 1.89 bits per heavy atom. The van der Waals surface area contributed by atoms with Gasteiger partial charge in [0.15, 0.2) is 0 Å². The van der Waals surface area contributed by atoms with Crippen molar-refractivity contribution >= 4 is 39.1 Å². The number of ether oxygens (including phenoxy) is 1. The molecular formula is C26H29N5O3S. The molecule has 0 aliphatic carbocycles. The van der Waals surface area contributed by atoms with E-state index in [1.54, 1.807) is 24.3 Å². The van der Waals surface area contributed by atoms with Gasteiger partial charge in [-0.15, -0.1) is 11.3 Å². The fraction of sp³-hybridized carbons (Fsp3) is 0.308. The SMILES string of the molecule is COC(=O)c1sc2nc(CN(C)C(C)c3c(C)nn(C)c3C)ccc2c1NC(=O)c1ccccc1. The predicted molar refractivity (Wildman–Crippen MR) is 138 cm³/mol. The van der Waals surface area contributed by atoms with Crippen molar-refractivity contribution in [3.8, 4) is 0 Å². The van der Waals surface area contributed by atoms with Crippen molar-refractivity contribution in [2.24, 2.45) is 7.05 Å². The summed E-state index contributed by atoms with van der Waals surface area (Å²) < 4.78 is 6.88. The maximum absolute atomic E-state index is 12.8. The molecule has 0 radical (unpaired) electrons. The number of carbonyl (C=O) groups is 2. The van der Waals surface area contributed by atoms with Gasteiger partial charge in [0, 0.05) is 41.8 Å². The van der Waals surface area contributed by atoms with Gasteiger partial charge in [-0.2, -0.15) is 5.10 Å². The van der Waals surface area contributed by atoms with Gasteiger partial charge in [0.1, 0.15) is 9.71 Å². The number of thiophene rings is 1. The first-order chi connectivity index (χ1) is 16.7. The third-order valence-electron chi connectivity index (χ3n) is 6.31. The van der Waals surface area contributed by atoms with Crippen LogP contribution in [0.5, 0.6) is 0 Å². The highest BCUT2D eigenvalue weighted by atomic mass is 32.1. The Morgan fingerprint density at radius 1 is 1.17 bits per heavy atom. The Balaban J connectivity index is 1.63. The molecule has 9 heteroatoms. The highest BCUT2D eigenvalue weighted by Gasteiger charge is 2.24. The molecule has 0 saturated heterocycles. The Hall–Kier alpha value is -3.56. The number of anilines is 1. The lowest BCUT2D eigenvalue weighted by Gasteiger charge is -2.25. The number of hydrogen-bond donors (Lipinski definition) is 1. The fourth-order valence-electron chi connectivity index (χ4n) is 4.25. The van der Waals surface area contributed by atoms with Gasteiger partial charge in [-0.25, -0.2) is 9.78 Å². The van der Waals surface area contributed by atoms with Crippen LogP contribution in [-0.4, -0.2) is 45.7 Å². The van der Waals surface area contributed by atoms with Crippen LogP contribution in [0.3, 0.4) is 0 Å². The summed E-state index contributed by atoms with van der Waals surface area (Å²) in [7, 11) is 5.34. The van der Waals surface area contributed by atoms with Crippen LogP contribution in [0, 0.1) is 13.8 Å². The molecule has 3 heterocycles. The van der Waals surface area contributed by atoms with Crippen molar-refractivity contribution in [3.05, 3.63) is 75.6 Å². The Bertz CT molecular complexity index is 1390. The number of fused-ring (bicyclic) bond motifs is 1. The molecule has 0 saturated carbocycles. The minimum atomic E-state index is -0.508. The minimum Gasteiger partial charge on any atom is -0.465 e. The number of pyridine rings is 1. The van der Waals surface area contributed by atoms with E-state index in [4.69, 9.17) is 9.72 Å². The number of hydrogen-bond acceptors (Lipinski definition) is 7. The number of amides is 1. The molecule has 0 spiro atoms. The number of esters is 1. The number of aromatic nitrogens is 3. The second-order valence-corrected chi connectivity index (χ2v) is 9.57. The number of carbonyl (C=O) groups excluding carboxylic acids is 2. The summed E-state index contributed by atoms with van der Waals surface area (Å²) in [6.45, 7) is 6.88. The van der Waals surface area contributed by atoms with Crippen LogP contribution in [-0.2, 0) is 18.3 Å². The van der Waals surface area contributed by atoms with Crippen molar-refractivity contribution in [1.82, 2.24) is 19.7 Å². The molecule has 1 atom stereocenters. The quantitative estimate of drug-likeness (QED) is 0.371. The number of aryl methyl sites for hydroxylation is 2. The van der Waals surface area contributed by atoms with Crippen LogP contribution >= 0.6 is 11.3 Å². The van der Waals surface area contributed by atoms with E-state index in [-0.39, 0.29) is 11.9 Å². The summed E-state index contributed by atoms with van der Waals surface area (Å²) in [5, 5.41) is 8.14. The standard InChI is InChI=1S/C26H29N5O3S/c1-15-21(17(3)31(5)29-15)16(2)30(4)14-19-12-13-20-22(23(26(33)34-6)35-25(20)27-19)28-24(32)18-10-8-7-9-11-18/h7-13,16H,14H2,1-6H3,(H,28,32). The summed E-state index contributed by atoms with van der Waals surface area (Å²) in [5.41, 5.74) is 5.17. The molecule has 1 unspecified atom stereocenters. The van der Waals surface area contributed by atoms with Crippen molar-refractivity contribution in [1.29, 1.82) is 0 Å². The normalized spacial score (nSPS) is 12.2. The third kappa shape index (κ3) is 4.82. The molecule has 3 aromatic heterocycles. The zero-order valence-corrected chi connectivity index (χ0v) is 21.6. The summed E-state index contributed by atoms with van der Waals surface area (Å²) in [5.74, 6) is -0.804. The lowest BCUT2D eigenvalue weighted by atomic mass is 10.1. The number of nitrogens with zero attached hydrogens (tertiary/aromatic N) is 4. The first kappa shape index (κ1) is 24.6. The second-order valence-electron chi connectivity index (χ2n) is 8.57. The van der Waals surface area contributed by atoms with E-state index in [1.165, 1.54) is 24.0 Å². The van der Waals surface area contributed by atoms with Crippen molar-refractivity contribution in [3.63, 3.8) is 0 Å². The zero-order chi connectivity index (χ0) is 25.3. The van der Waals surface area contributed by atoms with Crippen LogP contribution in [0.25, 0.3) is 10.2 Å². The monoisotopic (exact) mass is 491 g/mol. The Kier molecular flexibility index (Phi) is 7.00. The zero-order valence-electron chi connectivity index (χ0n) is 20.7. The Morgan fingerprint density at radius 3 is 2.51 bits per heavy atom. The van der Waals surface area contributed by atoms with Gasteiger partial charge in [0.25, 0.3) is 5.91 Å². The lowest BCUT2D eigenvalue weighted by Crippen LogP contribution is -2.23. The maximum atomic E-state index is 12.8. The molecule has 8 nitrogen and oxygen atoms in total. The van der Waals surface area contributed by atoms with E-state index >= 15 is 0 Å². The molecular weight excluding hydrogens is 462 g/mol. The summed E-state index contributed by atoms with van der Waals surface area (Å²) in [6, 6.07) is 12.9. The van der Waals surface area contributed by atoms with E-state index in [0.29, 0.717) is 32.9 Å². The fourth-order valence-corrected chi connectivity index (χ4v) is 5.31. The number of benzene rings is 1. The average Bonchev–Trinajstić information content (AvgIpc) is 3.33. The van der Waals surface area contributed by atoms with Gasteiger partial charge < -0.3 is 10.1 Å². The van der Waals surface area contributed by atoms with Crippen LogP contribution in [0.4, 0.5) is 5.69 Å². The number of methoxy groups -OCH3 is 1. The van der Waals surface area contributed by atoms with Crippen LogP contribution in [0.2, 0.25) is 0 Å². The summed E-state index contributed by atoms with van der Waals surface area (Å²) >= 11 is 1.22. The van der Waals surface area contributed by atoms with Crippen LogP contribution in [0.1, 0.15) is 55.6 Å². The van der Waals surface area contributed by atoms with E-state index in [0.717, 1.165) is 17.1 Å². The molecule has 0 aliphatic rings. The first-order valence-corrected chi connectivity index (χ1v) is 12.1. The van der Waals surface area contributed by atoms with E-state index in [1.807, 2.05) is 36.9 Å². The summed E-state index contributed by atoms with van der Waals surface area (Å²) in [6.07, 6.45) is 0. The van der Waals surface area contributed by atoms with Crippen molar-refractivity contribution < 1.29 is 14.3 Å². The average molecular weight is 492 g/mol. The van der Waals surface area contributed by atoms with Gasteiger partial charge in [-0.1, -0.05) is 18.2 Å². The molecule has 0 aliphatic heterocycles. The molecule has 1 N–H and O–H groups in total.